The van der Waals surface area contributed by atoms with E-state index in [0.29, 0.717) is 6.42 Å². The van der Waals surface area contributed by atoms with E-state index in [-0.39, 0.29) is 6.61 Å². The van der Waals surface area contributed by atoms with Crippen LogP contribution in [0.2, 0.25) is 0 Å². The molecular formula is C15H18N2O2. The van der Waals surface area contributed by atoms with Gasteiger partial charge in [-0.1, -0.05) is 54.2 Å². The molecule has 0 aliphatic rings. The Morgan fingerprint density at radius 1 is 1.42 bits per heavy atom. The standard InChI is InChI=1S/C15H18N2O2/c1-3-13-8-4-5-9-14(13)10-6-7-12(2)17-19-11-15(16)18/h3-6,8-10H,1,7,11H2,2H3,(H2,16,18)/b10-6+,17-12-. The molecule has 0 aliphatic carbocycles. The lowest BCUT2D eigenvalue weighted by Gasteiger charge is -2.00. The minimum atomic E-state index is -0.535. The Kier molecular flexibility index (Phi) is 6.09. The molecule has 4 nitrogen and oxygen atoms in total. The molecule has 0 aromatic heterocycles. The molecule has 0 radical (unpaired) electrons. The first-order valence-electron chi connectivity index (χ1n) is 5.95. The van der Waals surface area contributed by atoms with E-state index in [0.717, 1.165) is 16.8 Å². The van der Waals surface area contributed by atoms with Gasteiger partial charge < -0.3 is 10.6 Å². The van der Waals surface area contributed by atoms with E-state index < -0.39 is 5.91 Å². The predicted molar refractivity (Wildman–Crippen MR) is 78.4 cm³/mol. The number of hydrogen-bond donors (Lipinski definition) is 1. The Labute approximate surface area is 113 Å². The van der Waals surface area contributed by atoms with Crippen LogP contribution in [0, 0.1) is 0 Å². The van der Waals surface area contributed by atoms with Crippen LogP contribution in [-0.4, -0.2) is 18.2 Å². The van der Waals surface area contributed by atoms with Crippen molar-refractivity contribution < 1.29 is 9.63 Å². The number of nitrogens with two attached hydrogens (primary N) is 1. The molecule has 0 heterocycles. The zero-order valence-corrected chi connectivity index (χ0v) is 11.0. The number of benzene rings is 1. The van der Waals surface area contributed by atoms with Gasteiger partial charge in [-0.2, -0.15) is 0 Å². The minimum absolute atomic E-state index is 0.194. The molecular weight excluding hydrogens is 240 g/mol. The number of amides is 1. The predicted octanol–water partition coefficient (Wildman–Crippen LogP) is 2.61. The van der Waals surface area contributed by atoms with E-state index in [1.165, 1.54) is 0 Å². The fraction of sp³-hybridized carbons (Fsp3) is 0.200. The van der Waals surface area contributed by atoms with Gasteiger partial charge in [-0.05, 0) is 18.1 Å². The lowest BCUT2D eigenvalue weighted by molar-refractivity contribution is -0.122. The molecule has 4 heteroatoms. The molecule has 0 unspecified atom stereocenters. The van der Waals surface area contributed by atoms with Gasteiger partial charge in [0.1, 0.15) is 0 Å². The molecule has 19 heavy (non-hydrogen) atoms. The molecule has 0 saturated heterocycles. The first-order valence-corrected chi connectivity index (χ1v) is 5.95. The molecule has 0 bridgehead atoms. The quantitative estimate of drug-likeness (QED) is 0.603. The summed E-state index contributed by atoms with van der Waals surface area (Å²) in [5.74, 6) is -0.535. The largest absolute Gasteiger partial charge is 0.386 e. The van der Waals surface area contributed by atoms with E-state index >= 15 is 0 Å². The van der Waals surface area contributed by atoms with Crippen LogP contribution in [0.3, 0.4) is 0 Å². The van der Waals surface area contributed by atoms with E-state index in [1.54, 1.807) is 0 Å². The molecule has 0 atom stereocenters. The van der Waals surface area contributed by atoms with Crippen molar-refractivity contribution in [2.75, 3.05) is 6.61 Å². The van der Waals surface area contributed by atoms with Crippen molar-refractivity contribution in [3.8, 4) is 0 Å². The van der Waals surface area contributed by atoms with Gasteiger partial charge in [0.05, 0.1) is 5.71 Å². The Balaban J connectivity index is 2.53. The van der Waals surface area contributed by atoms with Crippen molar-refractivity contribution >= 4 is 23.8 Å². The van der Waals surface area contributed by atoms with Crippen molar-refractivity contribution in [3.63, 3.8) is 0 Å². The molecule has 0 aliphatic heterocycles. The van der Waals surface area contributed by atoms with Crippen LogP contribution in [-0.2, 0) is 9.63 Å². The third kappa shape index (κ3) is 5.68. The number of nitrogens with zero attached hydrogens (tertiary/aromatic N) is 1. The second kappa shape index (κ2) is 7.87. The van der Waals surface area contributed by atoms with E-state index in [1.807, 2.05) is 49.4 Å². The van der Waals surface area contributed by atoms with Crippen LogP contribution in [0.1, 0.15) is 24.5 Å². The summed E-state index contributed by atoms with van der Waals surface area (Å²) < 4.78 is 0. The van der Waals surface area contributed by atoms with Crippen molar-refractivity contribution in [3.05, 3.63) is 48.0 Å². The maximum atomic E-state index is 10.5. The lowest BCUT2D eigenvalue weighted by Crippen LogP contribution is -2.16. The SMILES string of the molecule is C=Cc1ccccc1/C=C/C/C(C)=N\OCC(N)=O. The smallest absolute Gasteiger partial charge is 0.258 e. The number of carbonyl (C=O) groups excluding carboxylic acids is 1. The highest BCUT2D eigenvalue weighted by Gasteiger charge is 1.95. The van der Waals surface area contributed by atoms with Gasteiger partial charge in [0.25, 0.3) is 5.91 Å². The van der Waals surface area contributed by atoms with Crippen molar-refractivity contribution in [2.45, 2.75) is 13.3 Å². The third-order valence-corrected chi connectivity index (χ3v) is 2.35. The zero-order valence-electron chi connectivity index (χ0n) is 11.0. The van der Waals surface area contributed by atoms with Crippen LogP contribution in [0.5, 0.6) is 0 Å². The average molecular weight is 258 g/mol. The van der Waals surface area contributed by atoms with Crippen LogP contribution in [0.4, 0.5) is 0 Å². The molecule has 2 N–H and O–H groups in total. The first-order chi connectivity index (χ1) is 9.13. The maximum absolute atomic E-state index is 10.5. The van der Waals surface area contributed by atoms with Gasteiger partial charge in [0.2, 0.25) is 0 Å². The van der Waals surface area contributed by atoms with Gasteiger partial charge in [-0.3, -0.25) is 4.79 Å². The average Bonchev–Trinajstić information content (AvgIpc) is 2.39. The number of rotatable bonds is 7. The number of allylic oxidation sites excluding steroid dienone is 1. The number of primary amides is 1. The van der Waals surface area contributed by atoms with Gasteiger partial charge in [0.15, 0.2) is 6.61 Å². The number of oxime groups is 1. The Morgan fingerprint density at radius 3 is 2.74 bits per heavy atom. The summed E-state index contributed by atoms with van der Waals surface area (Å²) >= 11 is 0. The summed E-state index contributed by atoms with van der Waals surface area (Å²) in [6, 6.07) is 7.97. The Hall–Kier alpha value is -2.36. The highest BCUT2D eigenvalue weighted by atomic mass is 16.6. The topological polar surface area (TPSA) is 64.7 Å². The molecule has 100 valence electrons. The van der Waals surface area contributed by atoms with Crippen molar-refractivity contribution in [1.29, 1.82) is 0 Å². The molecule has 1 rings (SSSR count). The fourth-order valence-electron chi connectivity index (χ4n) is 1.45. The zero-order chi connectivity index (χ0) is 14.1. The van der Waals surface area contributed by atoms with E-state index in [2.05, 4.69) is 11.7 Å². The molecule has 0 fully saturated rings. The summed E-state index contributed by atoms with van der Waals surface area (Å²) in [6.07, 6.45) is 6.44. The van der Waals surface area contributed by atoms with Gasteiger partial charge in [-0.25, -0.2) is 0 Å². The van der Waals surface area contributed by atoms with Crippen LogP contribution >= 0.6 is 0 Å². The molecule has 1 aromatic carbocycles. The third-order valence-electron chi connectivity index (χ3n) is 2.35. The summed E-state index contributed by atoms with van der Waals surface area (Å²) in [7, 11) is 0. The fourth-order valence-corrected chi connectivity index (χ4v) is 1.45. The molecule has 1 amide bonds. The molecule has 1 aromatic rings. The first kappa shape index (κ1) is 14.7. The van der Waals surface area contributed by atoms with Gasteiger partial charge in [0, 0.05) is 6.42 Å². The van der Waals surface area contributed by atoms with Gasteiger partial charge in [-0.15, -0.1) is 0 Å². The molecule has 0 saturated carbocycles. The highest BCUT2D eigenvalue weighted by Crippen LogP contribution is 2.12. The van der Waals surface area contributed by atoms with Crippen LogP contribution in [0.25, 0.3) is 12.2 Å². The molecule has 0 spiro atoms. The number of hydrogen-bond acceptors (Lipinski definition) is 3. The lowest BCUT2D eigenvalue weighted by atomic mass is 10.1. The van der Waals surface area contributed by atoms with E-state index in [9.17, 15) is 4.79 Å². The second-order valence-corrected chi connectivity index (χ2v) is 4.01. The van der Waals surface area contributed by atoms with Crippen LogP contribution < -0.4 is 5.73 Å². The summed E-state index contributed by atoms with van der Waals surface area (Å²) in [6.45, 7) is 5.40. The minimum Gasteiger partial charge on any atom is -0.386 e. The Bertz CT molecular complexity index is 505. The Morgan fingerprint density at radius 2 is 2.11 bits per heavy atom. The maximum Gasteiger partial charge on any atom is 0.258 e. The van der Waals surface area contributed by atoms with Crippen molar-refractivity contribution in [1.82, 2.24) is 0 Å². The highest BCUT2D eigenvalue weighted by molar-refractivity contribution is 5.84. The van der Waals surface area contributed by atoms with Gasteiger partial charge >= 0.3 is 0 Å². The summed E-state index contributed by atoms with van der Waals surface area (Å²) in [5, 5.41) is 3.78. The monoisotopic (exact) mass is 258 g/mol. The number of carbonyl (C=O) groups is 1. The van der Waals surface area contributed by atoms with Crippen LogP contribution in [0.15, 0.2) is 42.1 Å². The normalized spacial score (nSPS) is 11.5. The summed E-state index contributed by atoms with van der Waals surface area (Å²) in [4.78, 5) is 15.2. The van der Waals surface area contributed by atoms with Crippen molar-refractivity contribution in [2.24, 2.45) is 10.9 Å². The summed E-state index contributed by atoms with van der Waals surface area (Å²) in [5.41, 5.74) is 7.88. The van der Waals surface area contributed by atoms with E-state index in [4.69, 9.17) is 10.6 Å². The second-order valence-electron chi connectivity index (χ2n) is 4.01.